The molecular weight excluding hydrogens is 279 g/mol. The third-order valence-corrected chi connectivity index (χ3v) is 3.48. The summed E-state index contributed by atoms with van der Waals surface area (Å²) in [6, 6.07) is 6.40. The van der Waals surface area contributed by atoms with E-state index in [4.69, 9.17) is 0 Å². The minimum absolute atomic E-state index is 0.326. The standard InChI is InChI=1S/C13H7FN4OS/c14-9-4-8(5-15-6-9)12-17-18-13(20-12)11-3-1-2-10(7-19)16-11/h1-7H. The molecule has 0 radical (unpaired) electrons. The van der Waals surface area contributed by atoms with Gasteiger partial charge in [-0.05, 0) is 18.2 Å². The van der Waals surface area contributed by atoms with Crippen LogP contribution in [0.15, 0.2) is 36.7 Å². The van der Waals surface area contributed by atoms with Crippen LogP contribution < -0.4 is 0 Å². The molecule has 98 valence electrons. The van der Waals surface area contributed by atoms with E-state index in [1.807, 2.05) is 0 Å². The average molecular weight is 286 g/mol. The number of carbonyl (C=O) groups excluding carboxylic acids is 1. The third-order valence-electron chi connectivity index (χ3n) is 2.49. The van der Waals surface area contributed by atoms with Gasteiger partial charge in [0.15, 0.2) is 11.3 Å². The van der Waals surface area contributed by atoms with Gasteiger partial charge in [-0.15, -0.1) is 10.2 Å². The first kappa shape index (κ1) is 12.5. The molecule has 3 aromatic rings. The van der Waals surface area contributed by atoms with Gasteiger partial charge in [0, 0.05) is 11.8 Å². The first-order valence-corrected chi connectivity index (χ1v) is 6.45. The molecule has 3 heterocycles. The lowest BCUT2D eigenvalue weighted by Gasteiger charge is -1.95. The number of halogens is 1. The topological polar surface area (TPSA) is 68.6 Å². The second kappa shape index (κ2) is 5.22. The van der Waals surface area contributed by atoms with Crippen LogP contribution in [-0.2, 0) is 0 Å². The molecule has 0 aliphatic heterocycles. The van der Waals surface area contributed by atoms with Crippen molar-refractivity contribution >= 4 is 17.6 Å². The van der Waals surface area contributed by atoms with E-state index in [2.05, 4.69) is 20.2 Å². The van der Waals surface area contributed by atoms with Crippen LogP contribution >= 0.6 is 11.3 Å². The van der Waals surface area contributed by atoms with E-state index >= 15 is 0 Å². The summed E-state index contributed by atoms with van der Waals surface area (Å²) in [7, 11) is 0. The molecule has 0 N–H and O–H groups in total. The Morgan fingerprint density at radius 2 is 2.00 bits per heavy atom. The van der Waals surface area contributed by atoms with E-state index in [-0.39, 0.29) is 0 Å². The van der Waals surface area contributed by atoms with Gasteiger partial charge in [0.1, 0.15) is 22.2 Å². The molecule has 20 heavy (non-hydrogen) atoms. The maximum Gasteiger partial charge on any atom is 0.168 e. The summed E-state index contributed by atoms with van der Waals surface area (Å²) < 4.78 is 13.1. The second-order valence-electron chi connectivity index (χ2n) is 3.87. The van der Waals surface area contributed by atoms with Crippen LogP contribution in [0.2, 0.25) is 0 Å². The Labute approximate surface area is 117 Å². The third kappa shape index (κ3) is 2.43. The first-order valence-electron chi connectivity index (χ1n) is 5.63. The molecule has 0 amide bonds. The maximum absolute atomic E-state index is 13.1. The van der Waals surface area contributed by atoms with Gasteiger partial charge >= 0.3 is 0 Å². The van der Waals surface area contributed by atoms with Gasteiger partial charge in [-0.3, -0.25) is 9.78 Å². The van der Waals surface area contributed by atoms with E-state index in [9.17, 15) is 9.18 Å². The number of hydrogen-bond acceptors (Lipinski definition) is 6. The smallest absolute Gasteiger partial charge is 0.168 e. The van der Waals surface area contributed by atoms with Crippen molar-refractivity contribution in [2.24, 2.45) is 0 Å². The molecule has 0 saturated carbocycles. The van der Waals surface area contributed by atoms with Crippen LogP contribution in [0.4, 0.5) is 4.39 Å². The zero-order chi connectivity index (χ0) is 13.9. The molecule has 7 heteroatoms. The molecule has 0 bridgehead atoms. The highest BCUT2D eigenvalue weighted by Crippen LogP contribution is 2.28. The van der Waals surface area contributed by atoms with Gasteiger partial charge in [0.25, 0.3) is 0 Å². The first-order chi connectivity index (χ1) is 9.76. The normalized spacial score (nSPS) is 10.4. The Bertz CT molecular complexity index is 774. The molecule has 0 aromatic carbocycles. The minimum atomic E-state index is -0.430. The summed E-state index contributed by atoms with van der Waals surface area (Å²) in [6.07, 6.45) is 3.31. The number of rotatable bonds is 3. The van der Waals surface area contributed by atoms with Crippen molar-refractivity contribution in [3.63, 3.8) is 0 Å². The molecule has 5 nitrogen and oxygen atoms in total. The van der Waals surface area contributed by atoms with E-state index in [1.165, 1.54) is 23.6 Å². The Balaban J connectivity index is 1.99. The van der Waals surface area contributed by atoms with Crippen LogP contribution in [0, 0.1) is 5.82 Å². The number of nitrogens with zero attached hydrogens (tertiary/aromatic N) is 4. The molecule has 0 unspecified atom stereocenters. The van der Waals surface area contributed by atoms with Gasteiger partial charge in [0.05, 0.1) is 6.20 Å². The SMILES string of the molecule is O=Cc1cccc(-c2nnc(-c3cncc(F)c3)s2)n1. The lowest BCUT2D eigenvalue weighted by atomic mass is 10.3. The fourth-order valence-electron chi connectivity index (χ4n) is 1.61. The lowest BCUT2D eigenvalue weighted by Crippen LogP contribution is -1.88. The van der Waals surface area contributed by atoms with Crippen LogP contribution in [0.5, 0.6) is 0 Å². The van der Waals surface area contributed by atoms with Crippen molar-refractivity contribution in [1.82, 2.24) is 20.2 Å². The van der Waals surface area contributed by atoms with Gasteiger partial charge in [-0.2, -0.15) is 0 Å². The van der Waals surface area contributed by atoms with Crippen LogP contribution in [-0.4, -0.2) is 26.5 Å². The van der Waals surface area contributed by atoms with E-state index in [0.717, 1.165) is 6.20 Å². The molecule has 0 spiro atoms. The van der Waals surface area contributed by atoms with Crippen molar-refractivity contribution in [1.29, 1.82) is 0 Å². The van der Waals surface area contributed by atoms with Crippen molar-refractivity contribution in [3.05, 3.63) is 48.2 Å². The predicted molar refractivity (Wildman–Crippen MR) is 71.7 cm³/mol. The largest absolute Gasteiger partial charge is 0.296 e. The number of aromatic nitrogens is 4. The minimum Gasteiger partial charge on any atom is -0.296 e. The Kier molecular flexibility index (Phi) is 3.26. The van der Waals surface area contributed by atoms with Crippen molar-refractivity contribution < 1.29 is 9.18 Å². The second-order valence-corrected chi connectivity index (χ2v) is 4.85. The van der Waals surface area contributed by atoms with Gasteiger partial charge in [-0.25, -0.2) is 9.37 Å². The fraction of sp³-hybridized carbons (Fsp3) is 0. The average Bonchev–Trinajstić information content (AvgIpc) is 2.97. The zero-order valence-corrected chi connectivity index (χ0v) is 10.8. The molecule has 0 atom stereocenters. The van der Waals surface area contributed by atoms with Gasteiger partial charge < -0.3 is 0 Å². The molecule has 0 fully saturated rings. The molecule has 3 aromatic heterocycles. The van der Waals surface area contributed by atoms with Gasteiger partial charge in [-0.1, -0.05) is 17.4 Å². The highest BCUT2D eigenvalue weighted by molar-refractivity contribution is 7.17. The molecule has 0 aliphatic rings. The van der Waals surface area contributed by atoms with Crippen LogP contribution in [0.1, 0.15) is 10.5 Å². The number of aldehydes is 1. The van der Waals surface area contributed by atoms with E-state index in [1.54, 1.807) is 18.2 Å². The number of hydrogen-bond donors (Lipinski definition) is 0. The lowest BCUT2D eigenvalue weighted by molar-refractivity contribution is 0.111. The number of carbonyl (C=O) groups is 1. The summed E-state index contributed by atoms with van der Waals surface area (Å²) in [6.45, 7) is 0. The summed E-state index contributed by atoms with van der Waals surface area (Å²) in [5.41, 5.74) is 1.44. The fourth-order valence-corrected chi connectivity index (χ4v) is 2.40. The highest BCUT2D eigenvalue weighted by atomic mass is 32.1. The van der Waals surface area contributed by atoms with Crippen LogP contribution in [0.3, 0.4) is 0 Å². The zero-order valence-electron chi connectivity index (χ0n) is 10.0. The van der Waals surface area contributed by atoms with E-state index in [0.29, 0.717) is 33.3 Å². The molecule has 3 rings (SSSR count). The van der Waals surface area contributed by atoms with Crippen molar-refractivity contribution in [2.45, 2.75) is 0 Å². The maximum atomic E-state index is 13.1. The predicted octanol–water partition coefficient (Wildman–Crippen LogP) is 2.61. The van der Waals surface area contributed by atoms with E-state index < -0.39 is 5.82 Å². The monoisotopic (exact) mass is 286 g/mol. The molecule has 0 aliphatic carbocycles. The Hall–Kier alpha value is -2.54. The summed E-state index contributed by atoms with van der Waals surface area (Å²) in [5.74, 6) is -0.430. The quantitative estimate of drug-likeness (QED) is 0.692. The highest BCUT2D eigenvalue weighted by Gasteiger charge is 2.11. The Morgan fingerprint density at radius 3 is 2.80 bits per heavy atom. The molecular formula is C13H7FN4OS. The molecule has 0 saturated heterocycles. The summed E-state index contributed by atoms with van der Waals surface area (Å²) in [5, 5.41) is 9.11. The summed E-state index contributed by atoms with van der Waals surface area (Å²) in [4.78, 5) is 18.6. The van der Waals surface area contributed by atoms with Crippen LogP contribution in [0.25, 0.3) is 21.3 Å². The van der Waals surface area contributed by atoms with Gasteiger partial charge in [0.2, 0.25) is 0 Å². The number of pyridine rings is 2. The summed E-state index contributed by atoms with van der Waals surface area (Å²) >= 11 is 1.26. The van der Waals surface area contributed by atoms with Crippen molar-refractivity contribution in [2.75, 3.05) is 0 Å². The Morgan fingerprint density at radius 1 is 1.15 bits per heavy atom. The van der Waals surface area contributed by atoms with Crippen molar-refractivity contribution in [3.8, 4) is 21.3 Å².